The third-order valence-electron chi connectivity index (χ3n) is 2.81. The molecule has 5 heteroatoms. The van der Waals surface area contributed by atoms with Crippen molar-refractivity contribution in [1.82, 2.24) is 9.78 Å². The summed E-state index contributed by atoms with van der Waals surface area (Å²) < 4.78 is 16.3. The lowest BCUT2D eigenvalue weighted by Crippen LogP contribution is -2.13. The zero-order valence-electron chi connectivity index (χ0n) is 10.4. The van der Waals surface area contributed by atoms with Crippen LogP contribution in [0.1, 0.15) is 11.4 Å². The molecule has 1 N–H and O–H groups in total. The summed E-state index contributed by atoms with van der Waals surface area (Å²) in [5.41, 5.74) is 2.58. The first-order valence-corrected chi connectivity index (χ1v) is 6.57. The Bertz CT molecular complexity index is 551. The number of hydrogen-bond acceptors (Lipinski definition) is 2. The Balaban J connectivity index is 1.97. The van der Waals surface area contributed by atoms with Crippen molar-refractivity contribution >= 4 is 21.6 Å². The van der Waals surface area contributed by atoms with E-state index in [9.17, 15) is 4.39 Å². The fourth-order valence-corrected chi connectivity index (χ4v) is 2.08. The molecule has 0 fully saturated rings. The highest BCUT2D eigenvalue weighted by molar-refractivity contribution is 9.10. The summed E-state index contributed by atoms with van der Waals surface area (Å²) in [7, 11) is 0. The zero-order valence-corrected chi connectivity index (χ0v) is 12.0. The normalized spacial score (nSPS) is 10.7. The van der Waals surface area contributed by atoms with Crippen molar-refractivity contribution in [1.29, 1.82) is 0 Å². The highest BCUT2D eigenvalue weighted by atomic mass is 79.9. The predicted molar refractivity (Wildman–Crippen MR) is 74.3 cm³/mol. The van der Waals surface area contributed by atoms with E-state index in [-0.39, 0.29) is 5.82 Å². The van der Waals surface area contributed by atoms with E-state index < -0.39 is 0 Å². The Morgan fingerprint density at radius 3 is 2.67 bits per heavy atom. The number of anilines is 1. The maximum Gasteiger partial charge on any atom is 0.146 e. The molecule has 0 atom stereocenters. The summed E-state index contributed by atoms with van der Waals surface area (Å²) in [6.45, 7) is 5.30. The monoisotopic (exact) mass is 311 g/mol. The van der Waals surface area contributed by atoms with Crippen molar-refractivity contribution in [3.8, 4) is 0 Å². The number of aryl methyl sites for hydroxylation is 1. The van der Waals surface area contributed by atoms with Crippen molar-refractivity contribution < 1.29 is 4.39 Å². The van der Waals surface area contributed by atoms with Crippen LogP contribution in [0.15, 0.2) is 28.7 Å². The first-order valence-electron chi connectivity index (χ1n) is 5.77. The smallest absolute Gasteiger partial charge is 0.146 e. The van der Waals surface area contributed by atoms with E-state index in [4.69, 9.17) is 0 Å². The minimum Gasteiger partial charge on any atom is -0.381 e. The number of aromatic nitrogens is 2. The van der Waals surface area contributed by atoms with Gasteiger partial charge in [-0.1, -0.05) is 12.1 Å². The van der Waals surface area contributed by atoms with Crippen LogP contribution in [-0.2, 0) is 6.54 Å². The molecule has 0 saturated carbocycles. The fourth-order valence-electron chi connectivity index (χ4n) is 1.79. The average molecular weight is 312 g/mol. The standard InChI is InChI=1S/C13H15BrFN3/c1-9-13(14)10(2)18(17-9)8-7-16-12-6-4-3-5-11(12)15/h3-6,16H,7-8H2,1-2H3. The summed E-state index contributed by atoms with van der Waals surface area (Å²) in [6, 6.07) is 6.67. The summed E-state index contributed by atoms with van der Waals surface area (Å²) >= 11 is 3.48. The van der Waals surface area contributed by atoms with E-state index in [2.05, 4.69) is 26.3 Å². The van der Waals surface area contributed by atoms with Gasteiger partial charge in [0.25, 0.3) is 0 Å². The van der Waals surface area contributed by atoms with Crippen LogP contribution in [0.5, 0.6) is 0 Å². The molecule has 0 aliphatic rings. The van der Waals surface area contributed by atoms with Crippen molar-refractivity contribution in [3.05, 3.63) is 45.9 Å². The lowest BCUT2D eigenvalue weighted by atomic mass is 10.3. The number of nitrogens with zero attached hydrogens (tertiary/aromatic N) is 2. The highest BCUT2D eigenvalue weighted by Gasteiger charge is 2.08. The molecule has 0 unspecified atom stereocenters. The molecule has 1 aromatic carbocycles. The number of nitrogens with one attached hydrogen (secondary N) is 1. The Labute approximate surface area is 114 Å². The molecule has 0 radical (unpaired) electrons. The quantitative estimate of drug-likeness (QED) is 0.936. The molecule has 0 bridgehead atoms. The summed E-state index contributed by atoms with van der Waals surface area (Å²) in [4.78, 5) is 0. The maximum absolute atomic E-state index is 13.4. The molecular weight excluding hydrogens is 297 g/mol. The lowest BCUT2D eigenvalue weighted by Gasteiger charge is -2.08. The zero-order chi connectivity index (χ0) is 13.1. The van der Waals surface area contributed by atoms with Crippen molar-refractivity contribution in [2.75, 3.05) is 11.9 Å². The van der Waals surface area contributed by atoms with Gasteiger partial charge in [0.05, 0.1) is 22.4 Å². The van der Waals surface area contributed by atoms with Crippen molar-refractivity contribution in [3.63, 3.8) is 0 Å². The van der Waals surface area contributed by atoms with E-state index in [0.29, 0.717) is 18.8 Å². The van der Waals surface area contributed by atoms with Gasteiger partial charge in [0.2, 0.25) is 0 Å². The van der Waals surface area contributed by atoms with Gasteiger partial charge < -0.3 is 5.32 Å². The molecular formula is C13H15BrFN3. The molecule has 2 aromatic rings. The van der Waals surface area contributed by atoms with Crippen LogP contribution in [0.3, 0.4) is 0 Å². The molecule has 0 spiro atoms. The van der Waals surface area contributed by atoms with Crippen LogP contribution in [0.25, 0.3) is 0 Å². The van der Waals surface area contributed by atoms with Gasteiger partial charge in [-0.15, -0.1) is 0 Å². The molecule has 1 heterocycles. The van der Waals surface area contributed by atoms with Crippen LogP contribution in [0.2, 0.25) is 0 Å². The Morgan fingerprint density at radius 2 is 2.06 bits per heavy atom. The number of benzene rings is 1. The van der Waals surface area contributed by atoms with Crippen LogP contribution in [-0.4, -0.2) is 16.3 Å². The van der Waals surface area contributed by atoms with Gasteiger partial charge in [-0.2, -0.15) is 5.10 Å². The average Bonchev–Trinajstić information content (AvgIpc) is 2.60. The van der Waals surface area contributed by atoms with Gasteiger partial charge in [-0.25, -0.2) is 4.39 Å². The lowest BCUT2D eigenvalue weighted by molar-refractivity contribution is 0.605. The van der Waals surface area contributed by atoms with E-state index in [1.54, 1.807) is 12.1 Å². The first kappa shape index (κ1) is 13.1. The van der Waals surface area contributed by atoms with E-state index in [1.165, 1.54) is 6.07 Å². The Hall–Kier alpha value is -1.36. The molecule has 1 aromatic heterocycles. The van der Waals surface area contributed by atoms with E-state index in [1.807, 2.05) is 24.6 Å². The minimum atomic E-state index is -0.230. The van der Waals surface area contributed by atoms with E-state index in [0.717, 1.165) is 15.9 Å². The first-order chi connectivity index (χ1) is 8.59. The van der Waals surface area contributed by atoms with Gasteiger partial charge in [-0.3, -0.25) is 4.68 Å². The topological polar surface area (TPSA) is 29.9 Å². The molecule has 18 heavy (non-hydrogen) atoms. The summed E-state index contributed by atoms with van der Waals surface area (Å²) in [5.74, 6) is -0.230. The van der Waals surface area contributed by atoms with Gasteiger partial charge >= 0.3 is 0 Å². The second-order valence-electron chi connectivity index (χ2n) is 4.11. The molecule has 2 rings (SSSR count). The van der Waals surface area contributed by atoms with Crippen LogP contribution >= 0.6 is 15.9 Å². The Kier molecular flexibility index (Phi) is 4.01. The molecule has 0 amide bonds. The largest absolute Gasteiger partial charge is 0.381 e. The van der Waals surface area contributed by atoms with E-state index >= 15 is 0 Å². The highest BCUT2D eigenvalue weighted by Crippen LogP contribution is 2.19. The summed E-state index contributed by atoms with van der Waals surface area (Å²) in [6.07, 6.45) is 0. The number of hydrogen-bond donors (Lipinski definition) is 1. The third-order valence-corrected chi connectivity index (χ3v) is 3.95. The molecule has 0 aliphatic carbocycles. The van der Waals surface area contributed by atoms with Crippen molar-refractivity contribution in [2.24, 2.45) is 0 Å². The molecule has 96 valence electrons. The van der Waals surface area contributed by atoms with Crippen LogP contribution in [0.4, 0.5) is 10.1 Å². The SMILES string of the molecule is Cc1nn(CCNc2ccccc2F)c(C)c1Br. The third kappa shape index (κ3) is 2.72. The Morgan fingerprint density at radius 1 is 1.33 bits per heavy atom. The minimum absolute atomic E-state index is 0.230. The van der Waals surface area contributed by atoms with Gasteiger partial charge in [0.1, 0.15) is 5.82 Å². The van der Waals surface area contributed by atoms with Gasteiger partial charge in [-0.05, 0) is 41.9 Å². The molecule has 0 saturated heterocycles. The second-order valence-corrected chi connectivity index (χ2v) is 4.91. The fraction of sp³-hybridized carbons (Fsp3) is 0.308. The second kappa shape index (κ2) is 5.52. The number of para-hydroxylation sites is 1. The van der Waals surface area contributed by atoms with Crippen LogP contribution in [0, 0.1) is 19.7 Å². The summed E-state index contributed by atoms with van der Waals surface area (Å²) in [5, 5.41) is 7.47. The van der Waals surface area contributed by atoms with Gasteiger partial charge in [0, 0.05) is 12.2 Å². The number of halogens is 2. The van der Waals surface area contributed by atoms with Crippen molar-refractivity contribution in [2.45, 2.75) is 20.4 Å². The maximum atomic E-state index is 13.4. The molecule has 3 nitrogen and oxygen atoms in total. The van der Waals surface area contributed by atoms with Gasteiger partial charge in [0.15, 0.2) is 0 Å². The van der Waals surface area contributed by atoms with Crippen LogP contribution < -0.4 is 5.32 Å². The molecule has 0 aliphatic heterocycles. The predicted octanol–water partition coefficient (Wildman–Crippen LogP) is 3.51. The number of rotatable bonds is 4.